The number of carbonyl (C=O) groups excluding carboxylic acids is 1. The van der Waals surface area contributed by atoms with Crippen LogP contribution < -0.4 is 10.1 Å². The van der Waals surface area contributed by atoms with Gasteiger partial charge in [0.05, 0.1) is 5.56 Å². The van der Waals surface area contributed by atoms with Crippen molar-refractivity contribution in [1.82, 2.24) is 0 Å². The standard InChI is InChI=1S/C20H17NO4/c1-13-14(11-15-5-2-3-8-18(15)25-13)9-10-19(22)21-17-7-4-6-16(12-17)20(23)24/h2-13H,1H3,(H,21,22)(H,23,24)/b10-9+. The zero-order valence-electron chi connectivity index (χ0n) is 13.6. The third-order valence-corrected chi connectivity index (χ3v) is 3.82. The molecule has 0 spiro atoms. The van der Waals surface area contributed by atoms with E-state index in [2.05, 4.69) is 5.32 Å². The Morgan fingerprint density at radius 3 is 2.76 bits per heavy atom. The Hall–Kier alpha value is -3.34. The second-order valence-electron chi connectivity index (χ2n) is 5.65. The minimum atomic E-state index is -1.04. The van der Waals surface area contributed by atoms with E-state index in [0.717, 1.165) is 16.9 Å². The fourth-order valence-electron chi connectivity index (χ4n) is 2.53. The van der Waals surface area contributed by atoms with E-state index in [0.29, 0.717) is 5.69 Å². The Morgan fingerprint density at radius 1 is 1.16 bits per heavy atom. The Labute approximate surface area is 145 Å². The van der Waals surface area contributed by atoms with Crippen molar-refractivity contribution < 1.29 is 19.4 Å². The number of carboxylic acids is 1. The molecular weight excluding hydrogens is 318 g/mol. The van der Waals surface area contributed by atoms with Gasteiger partial charge in [-0.2, -0.15) is 0 Å². The summed E-state index contributed by atoms with van der Waals surface area (Å²) in [6.45, 7) is 1.92. The fourth-order valence-corrected chi connectivity index (χ4v) is 2.53. The number of carbonyl (C=O) groups is 2. The van der Waals surface area contributed by atoms with E-state index in [-0.39, 0.29) is 17.6 Å². The molecule has 5 heteroatoms. The lowest BCUT2D eigenvalue weighted by molar-refractivity contribution is -0.111. The van der Waals surface area contributed by atoms with Crippen LogP contribution in [0.25, 0.3) is 6.08 Å². The molecule has 2 aromatic rings. The highest BCUT2D eigenvalue weighted by atomic mass is 16.5. The first kappa shape index (κ1) is 16.5. The molecule has 2 N–H and O–H groups in total. The molecule has 0 radical (unpaired) electrons. The Kier molecular flexibility index (Phi) is 4.66. The van der Waals surface area contributed by atoms with Gasteiger partial charge in [0, 0.05) is 17.3 Å². The summed E-state index contributed by atoms with van der Waals surface area (Å²) in [4.78, 5) is 23.0. The van der Waals surface area contributed by atoms with Crippen LogP contribution in [0.1, 0.15) is 22.8 Å². The van der Waals surface area contributed by atoms with Gasteiger partial charge in [-0.05, 0) is 48.9 Å². The predicted octanol–water partition coefficient (Wildman–Crippen LogP) is 3.74. The van der Waals surface area contributed by atoms with E-state index in [1.807, 2.05) is 37.3 Å². The van der Waals surface area contributed by atoms with Crippen molar-refractivity contribution in [3.05, 3.63) is 77.4 Å². The number of fused-ring (bicyclic) bond motifs is 1. The number of aromatic carboxylic acids is 1. The van der Waals surface area contributed by atoms with Crippen LogP contribution in [0, 0.1) is 0 Å². The van der Waals surface area contributed by atoms with E-state index < -0.39 is 5.97 Å². The number of anilines is 1. The molecule has 5 nitrogen and oxygen atoms in total. The molecule has 1 unspecified atom stereocenters. The molecule has 0 aromatic heterocycles. The summed E-state index contributed by atoms with van der Waals surface area (Å²) in [5.41, 5.74) is 2.40. The van der Waals surface area contributed by atoms with Gasteiger partial charge in [-0.15, -0.1) is 0 Å². The second kappa shape index (κ2) is 7.05. The maximum absolute atomic E-state index is 12.1. The number of carboxylic acid groups (broad SMARTS) is 1. The predicted molar refractivity (Wildman–Crippen MR) is 95.7 cm³/mol. The third-order valence-electron chi connectivity index (χ3n) is 3.82. The molecular formula is C20H17NO4. The van der Waals surface area contributed by atoms with Gasteiger partial charge in [0.2, 0.25) is 5.91 Å². The summed E-state index contributed by atoms with van der Waals surface area (Å²) in [5, 5.41) is 11.6. The number of hydrogen-bond acceptors (Lipinski definition) is 3. The average Bonchev–Trinajstić information content (AvgIpc) is 2.60. The first-order chi connectivity index (χ1) is 12.0. The minimum absolute atomic E-state index is 0.121. The summed E-state index contributed by atoms with van der Waals surface area (Å²) < 4.78 is 5.82. The van der Waals surface area contributed by atoms with Gasteiger partial charge < -0.3 is 15.2 Å². The van der Waals surface area contributed by atoms with Crippen molar-refractivity contribution in [2.24, 2.45) is 0 Å². The summed E-state index contributed by atoms with van der Waals surface area (Å²) in [7, 11) is 0. The summed E-state index contributed by atoms with van der Waals surface area (Å²) in [6.07, 6.45) is 4.94. The molecule has 1 atom stereocenters. The molecule has 0 saturated carbocycles. The number of para-hydroxylation sites is 1. The second-order valence-corrected chi connectivity index (χ2v) is 5.65. The van der Waals surface area contributed by atoms with E-state index in [1.54, 1.807) is 18.2 Å². The summed E-state index contributed by atoms with van der Waals surface area (Å²) in [5.74, 6) is -0.555. The van der Waals surface area contributed by atoms with Crippen molar-refractivity contribution in [2.45, 2.75) is 13.0 Å². The van der Waals surface area contributed by atoms with E-state index in [4.69, 9.17) is 9.84 Å². The lowest BCUT2D eigenvalue weighted by atomic mass is 10.0. The monoisotopic (exact) mass is 335 g/mol. The first-order valence-electron chi connectivity index (χ1n) is 7.82. The van der Waals surface area contributed by atoms with Gasteiger partial charge in [0.25, 0.3) is 0 Å². The zero-order valence-corrected chi connectivity index (χ0v) is 13.6. The largest absolute Gasteiger partial charge is 0.485 e. The molecule has 0 saturated heterocycles. The van der Waals surface area contributed by atoms with Crippen LogP contribution in [0.4, 0.5) is 5.69 Å². The number of benzene rings is 2. The minimum Gasteiger partial charge on any atom is -0.485 e. The lowest BCUT2D eigenvalue weighted by Gasteiger charge is -2.22. The van der Waals surface area contributed by atoms with Crippen LogP contribution in [-0.2, 0) is 4.79 Å². The Morgan fingerprint density at radius 2 is 1.96 bits per heavy atom. The van der Waals surface area contributed by atoms with Crippen LogP contribution in [0.3, 0.4) is 0 Å². The number of ether oxygens (including phenoxy) is 1. The maximum atomic E-state index is 12.1. The highest BCUT2D eigenvalue weighted by Crippen LogP contribution is 2.29. The van der Waals surface area contributed by atoms with Crippen molar-refractivity contribution in [3.8, 4) is 5.75 Å². The fraction of sp³-hybridized carbons (Fsp3) is 0.100. The molecule has 1 aliphatic rings. The van der Waals surface area contributed by atoms with Gasteiger partial charge in [0.15, 0.2) is 0 Å². The molecule has 0 bridgehead atoms. The molecule has 2 aromatic carbocycles. The average molecular weight is 335 g/mol. The highest BCUT2D eigenvalue weighted by Gasteiger charge is 2.16. The smallest absolute Gasteiger partial charge is 0.335 e. The molecule has 0 aliphatic carbocycles. The lowest BCUT2D eigenvalue weighted by Crippen LogP contribution is -2.18. The van der Waals surface area contributed by atoms with Crippen LogP contribution in [-0.4, -0.2) is 23.1 Å². The Balaban J connectivity index is 1.72. The Bertz CT molecular complexity index is 883. The van der Waals surface area contributed by atoms with Gasteiger partial charge in [-0.25, -0.2) is 4.79 Å². The van der Waals surface area contributed by atoms with Crippen LogP contribution >= 0.6 is 0 Å². The highest BCUT2D eigenvalue weighted by molar-refractivity contribution is 6.00. The maximum Gasteiger partial charge on any atom is 0.335 e. The van der Waals surface area contributed by atoms with Crippen molar-refractivity contribution in [3.63, 3.8) is 0 Å². The SMILES string of the molecule is CC1Oc2ccccc2C=C1/C=C/C(=O)Nc1cccc(C(=O)O)c1. The number of rotatable bonds is 4. The van der Waals surface area contributed by atoms with Crippen molar-refractivity contribution >= 4 is 23.6 Å². The van der Waals surface area contributed by atoms with Gasteiger partial charge in [-0.1, -0.05) is 24.3 Å². The zero-order chi connectivity index (χ0) is 17.8. The van der Waals surface area contributed by atoms with E-state index >= 15 is 0 Å². The molecule has 3 rings (SSSR count). The summed E-state index contributed by atoms with van der Waals surface area (Å²) in [6, 6.07) is 13.8. The number of amides is 1. The molecule has 1 aliphatic heterocycles. The van der Waals surface area contributed by atoms with Crippen molar-refractivity contribution in [1.29, 1.82) is 0 Å². The van der Waals surface area contributed by atoms with Gasteiger partial charge in [0.1, 0.15) is 11.9 Å². The van der Waals surface area contributed by atoms with Crippen LogP contribution in [0.5, 0.6) is 5.75 Å². The van der Waals surface area contributed by atoms with E-state index in [1.165, 1.54) is 18.2 Å². The first-order valence-corrected chi connectivity index (χ1v) is 7.82. The van der Waals surface area contributed by atoms with Crippen LogP contribution in [0.15, 0.2) is 66.3 Å². The summed E-state index contributed by atoms with van der Waals surface area (Å²) >= 11 is 0. The molecule has 1 amide bonds. The van der Waals surface area contributed by atoms with E-state index in [9.17, 15) is 9.59 Å². The van der Waals surface area contributed by atoms with Crippen molar-refractivity contribution in [2.75, 3.05) is 5.32 Å². The molecule has 1 heterocycles. The number of nitrogens with one attached hydrogen (secondary N) is 1. The normalized spacial score (nSPS) is 15.9. The molecule has 0 fully saturated rings. The molecule has 126 valence electrons. The van der Waals surface area contributed by atoms with Gasteiger partial charge >= 0.3 is 5.97 Å². The van der Waals surface area contributed by atoms with Gasteiger partial charge in [-0.3, -0.25) is 4.79 Å². The number of hydrogen-bond donors (Lipinski definition) is 2. The third kappa shape index (κ3) is 3.95. The quantitative estimate of drug-likeness (QED) is 0.835. The van der Waals surface area contributed by atoms with Crippen LogP contribution in [0.2, 0.25) is 0 Å². The topological polar surface area (TPSA) is 75.6 Å². The molecule has 25 heavy (non-hydrogen) atoms.